The first-order chi connectivity index (χ1) is 9.97. The van der Waals surface area contributed by atoms with Crippen molar-refractivity contribution in [1.82, 2.24) is 15.2 Å². The Kier molecular flexibility index (Phi) is 4.85. The molecule has 21 heavy (non-hydrogen) atoms. The van der Waals surface area contributed by atoms with Gasteiger partial charge in [0.2, 0.25) is 0 Å². The number of pyridine rings is 1. The van der Waals surface area contributed by atoms with E-state index in [0.717, 1.165) is 12.8 Å². The summed E-state index contributed by atoms with van der Waals surface area (Å²) in [6.07, 6.45) is 3.19. The highest BCUT2D eigenvalue weighted by molar-refractivity contribution is 6.29. The van der Waals surface area contributed by atoms with Gasteiger partial charge < -0.3 is 21.7 Å². The highest BCUT2D eigenvalue weighted by atomic mass is 35.5. The number of carbonyl (C=O) groups is 2. The summed E-state index contributed by atoms with van der Waals surface area (Å²) in [7, 11) is 0. The summed E-state index contributed by atoms with van der Waals surface area (Å²) in [6, 6.07) is 0.924. The number of amides is 3. The number of nitrogens with zero attached hydrogens (tertiary/aromatic N) is 2. The number of halogens is 1. The van der Waals surface area contributed by atoms with Crippen LogP contribution in [-0.2, 0) is 0 Å². The van der Waals surface area contributed by atoms with E-state index < -0.39 is 6.03 Å². The van der Waals surface area contributed by atoms with E-state index in [1.165, 1.54) is 12.3 Å². The smallest absolute Gasteiger partial charge is 0.312 e. The molecule has 1 aromatic rings. The average molecular weight is 312 g/mol. The fraction of sp³-hybridized carbons (Fsp3) is 0.462. The van der Waals surface area contributed by atoms with Gasteiger partial charge in [-0.2, -0.15) is 0 Å². The first-order valence-corrected chi connectivity index (χ1v) is 7.08. The Morgan fingerprint density at radius 2 is 2.29 bits per heavy atom. The number of rotatable bonds is 3. The third-order valence-electron chi connectivity index (χ3n) is 3.50. The summed E-state index contributed by atoms with van der Waals surface area (Å²) < 4.78 is 0. The molecule has 1 fully saturated rings. The second-order valence-corrected chi connectivity index (χ2v) is 5.49. The molecule has 8 heteroatoms. The zero-order valence-corrected chi connectivity index (χ0v) is 12.3. The van der Waals surface area contributed by atoms with Gasteiger partial charge in [0.15, 0.2) is 0 Å². The van der Waals surface area contributed by atoms with Gasteiger partial charge in [-0.05, 0) is 24.8 Å². The van der Waals surface area contributed by atoms with Crippen LogP contribution in [0.1, 0.15) is 23.2 Å². The number of nitrogen functional groups attached to an aromatic ring is 1. The predicted molar refractivity (Wildman–Crippen MR) is 79.9 cm³/mol. The van der Waals surface area contributed by atoms with Gasteiger partial charge in [-0.15, -0.1) is 0 Å². The Bertz CT molecular complexity index is 551. The van der Waals surface area contributed by atoms with E-state index in [4.69, 9.17) is 23.1 Å². The van der Waals surface area contributed by atoms with Crippen LogP contribution >= 0.6 is 11.6 Å². The van der Waals surface area contributed by atoms with E-state index in [1.54, 1.807) is 4.90 Å². The van der Waals surface area contributed by atoms with Crippen LogP contribution in [0.2, 0.25) is 5.15 Å². The summed E-state index contributed by atoms with van der Waals surface area (Å²) in [4.78, 5) is 28.8. The van der Waals surface area contributed by atoms with Crippen molar-refractivity contribution in [2.24, 2.45) is 11.7 Å². The quantitative estimate of drug-likeness (QED) is 0.717. The van der Waals surface area contributed by atoms with Crippen molar-refractivity contribution in [3.05, 3.63) is 23.0 Å². The maximum absolute atomic E-state index is 12.5. The molecule has 1 atom stereocenters. The lowest BCUT2D eigenvalue weighted by molar-refractivity contribution is 0.0676. The van der Waals surface area contributed by atoms with Crippen LogP contribution in [0.3, 0.4) is 0 Å². The largest absolute Gasteiger partial charge is 0.397 e. The van der Waals surface area contributed by atoms with Gasteiger partial charge in [0.1, 0.15) is 5.15 Å². The lowest BCUT2D eigenvalue weighted by atomic mass is 9.97. The molecule has 1 saturated heterocycles. The Balaban J connectivity index is 2.05. The van der Waals surface area contributed by atoms with E-state index in [2.05, 4.69) is 10.3 Å². The lowest BCUT2D eigenvalue weighted by Crippen LogP contribution is -2.44. The normalized spacial score (nSPS) is 18.3. The number of hydrogen-bond acceptors (Lipinski definition) is 4. The van der Waals surface area contributed by atoms with Gasteiger partial charge in [0, 0.05) is 19.6 Å². The minimum absolute atomic E-state index is 0.166. The molecule has 0 radical (unpaired) electrons. The van der Waals surface area contributed by atoms with Gasteiger partial charge in [-0.3, -0.25) is 4.79 Å². The van der Waals surface area contributed by atoms with Crippen molar-refractivity contribution in [3.8, 4) is 0 Å². The highest BCUT2D eigenvalue weighted by Crippen LogP contribution is 2.22. The fourth-order valence-corrected chi connectivity index (χ4v) is 2.61. The zero-order valence-electron chi connectivity index (χ0n) is 11.5. The van der Waals surface area contributed by atoms with Crippen molar-refractivity contribution < 1.29 is 9.59 Å². The third kappa shape index (κ3) is 3.98. The monoisotopic (exact) mass is 311 g/mol. The van der Waals surface area contributed by atoms with Crippen LogP contribution in [0, 0.1) is 5.92 Å². The van der Waals surface area contributed by atoms with E-state index in [1.807, 2.05) is 0 Å². The first-order valence-electron chi connectivity index (χ1n) is 6.71. The number of aromatic nitrogens is 1. The van der Waals surface area contributed by atoms with Gasteiger partial charge in [0.05, 0.1) is 17.4 Å². The second-order valence-electron chi connectivity index (χ2n) is 5.10. The Morgan fingerprint density at radius 1 is 1.52 bits per heavy atom. The van der Waals surface area contributed by atoms with Crippen LogP contribution in [0.15, 0.2) is 12.3 Å². The Morgan fingerprint density at radius 3 is 3.00 bits per heavy atom. The van der Waals surface area contributed by atoms with E-state index >= 15 is 0 Å². The van der Waals surface area contributed by atoms with Crippen molar-refractivity contribution in [1.29, 1.82) is 0 Å². The molecule has 2 heterocycles. The number of nitrogens with one attached hydrogen (secondary N) is 1. The molecule has 0 spiro atoms. The Labute approximate surface area is 127 Å². The molecule has 1 unspecified atom stereocenters. The predicted octanol–water partition coefficient (Wildman–Crippen LogP) is 0.838. The molecule has 1 aliphatic heterocycles. The van der Waals surface area contributed by atoms with Crippen LogP contribution < -0.4 is 16.8 Å². The van der Waals surface area contributed by atoms with Gasteiger partial charge in [0.25, 0.3) is 5.91 Å². The maximum Gasteiger partial charge on any atom is 0.312 e. The van der Waals surface area contributed by atoms with Crippen LogP contribution in [0.25, 0.3) is 0 Å². The number of urea groups is 1. The molecule has 1 aromatic heterocycles. The number of hydrogen-bond donors (Lipinski definition) is 3. The molecule has 0 aliphatic carbocycles. The van der Waals surface area contributed by atoms with Crippen LogP contribution in [0.4, 0.5) is 10.5 Å². The van der Waals surface area contributed by atoms with Gasteiger partial charge in [-0.25, -0.2) is 9.78 Å². The number of carbonyl (C=O) groups excluding carboxylic acids is 2. The number of anilines is 1. The molecule has 3 amide bonds. The van der Waals surface area contributed by atoms with Crippen molar-refractivity contribution >= 4 is 29.2 Å². The number of likely N-dealkylation sites (tertiary alicyclic amines) is 1. The lowest BCUT2D eigenvalue weighted by Gasteiger charge is -2.33. The average Bonchev–Trinajstić information content (AvgIpc) is 2.47. The minimum Gasteiger partial charge on any atom is -0.397 e. The molecule has 7 nitrogen and oxygen atoms in total. The fourth-order valence-electron chi connectivity index (χ4n) is 2.46. The summed E-state index contributed by atoms with van der Waals surface area (Å²) in [6.45, 7) is 1.68. The molecule has 5 N–H and O–H groups in total. The zero-order chi connectivity index (χ0) is 15.4. The molecule has 0 bridgehead atoms. The highest BCUT2D eigenvalue weighted by Gasteiger charge is 2.26. The number of piperidine rings is 1. The van der Waals surface area contributed by atoms with Crippen molar-refractivity contribution in [3.63, 3.8) is 0 Å². The number of nitrogens with two attached hydrogens (primary N) is 2. The number of primary amides is 1. The second kappa shape index (κ2) is 6.62. The molecular formula is C13H18ClN5O2. The van der Waals surface area contributed by atoms with Crippen molar-refractivity contribution in [2.75, 3.05) is 25.4 Å². The standard InChI is InChI=1S/C13H18ClN5O2/c14-11-4-9(10(15)6-17-11)12(20)19-3-1-2-8(7-19)5-18-13(16)21/h4,6,8H,1-3,5,7,15H2,(H3,16,18,21). The maximum atomic E-state index is 12.5. The Hall–Kier alpha value is -2.02. The topological polar surface area (TPSA) is 114 Å². The molecule has 0 saturated carbocycles. The SMILES string of the molecule is NC(=O)NCC1CCCN(C(=O)c2cc(Cl)ncc2N)C1. The third-order valence-corrected chi connectivity index (χ3v) is 3.71. The summed E-state index contributed by atoms with van der Waals surface area (Å²) in [5.74, 6) is 0.0225. The summed E-state index contributed by atoms with van der Waals surface area (Å²) >= 11 is 5.81. The molecule has 2 rings (SSSR count). The van der Waals surface area contributed by atoms with E-state index in [-0.39, 0.29) is 17.0 Å². The minimum atomic E-state index is -0.552. The van der Waals surface area contributed by atoms with E-state index in [9.17, 15) is 9.59 Å². The van der Waals surface area contributed by atoms with E-state index in [0.29, 0.717) is 30.9 Å². The summed E-state index contributed by atoms with van der Waals surface area (Å²) in [5, 5.41) is 2.81. The van der Waals surface area contributed by atoms with Gasteiger partial charge in [-0.1, -0.05) is 11.6 Å². The van der Waals surface area contributed by atoms with Crippen LogP contribution in [-0.4, -0.2) is 41.5 Å². The van der Waals surface area contributed by atoms with Gasteiger partial charge >= 0.3 is 6.03 Å². The molecule has 114 valence electrons. The molecule has 1 aliphatic rings. The summed E-state index contributed by atoms with van der Waals surface area (Å²) in [5.41, 5.74) is 11.5. The molecular weight excluding hydrogens is 294 g/mol. The first kappa shape index (κ1) is 15.4. The molecule has 0 aromatic carbocycles. The van der Waals surface area contributed by atoms with Crippen LogP contribution in [0.5, 0.6) is 0 Å². The van der Waals surface area contributed by atoms with Crippen molar-refractivity contribution in [2.45, 2.75) is 12.8 Å².